The zero-order valence-electron chi connectivity index (χ0n) is 9.52. The molecule has 0 radical (unpaired) electrons. The molecule has 1 aromatic rings. The zero-order chi connectivity index (χ0) is 13.3. The van der Waals surface area contributed by atoms with Crippen LogP contribution in [0.15, 0.2) is 18.2 Å². The lowest BCUT2D eigenvalue weighted by Crippen LogP contribution is -2.42. The SMILES string of the molecule is Nc1ccc(C(=O)NC(C(=O)O)C2CC2)cc1F. The Morgan fingerprint density at radius 2 is 2.11 bits per heavy atom. The second-order valence-corrected chi connectivity index (χ2v) is 4.36. The molecule has 5 nitrogen and oxygen atoms in total. The number of aliphatic carboxylic acids is 1. The molecular formula is C12H13FN2O3. The van der Waals surface area contributed by atoms with Crippen molar-refractivity contribution in [1.82, 2.24) is 5.32 Å². The molecule has 0 aliphatic heterocycles. The summed E-state index contributed by atoms with van der Waals surface area (Å²) in [5, 5.41) is 11.4. The first-order valence-electron chi connectivity index (χ1n) is 5.57. The average Bonchev–Trinajstić information content (AvgIpc) is 3.13. The predicted octanol–water partition coefficient (Wildman–Crippen LogP) is 1.00. The van der Waals surface area contributed by atoms with Crippen LogP contribution in [0.2, 0.25) is 0 Å². The highest BCUT2D eigenvalue weighted by Crippen LogP contribution is 2.32. The van der Waals surface area contributed by atoms with Crippen molar-refractivity contribution < 1.29 is 19.1 Å². The number of nitrogens with two attached hydrogens (primary N) is 1. The number of hydrogen-bond donors (Lipinski definition) is 3. The van der Waals surface area contributed by atoms with Crippen LogP contribution in [0.4, 0.5) is 10.1 Å². The molecule has 2 rings (SSSR count). The molecule has 4 N–H and O–H groups in total. The van der Waals surface area contributed by atoms with E-state index < -0.39 is 23.7 Å². The fourth-order valence-electron chi connectivity index (χ4n) is 1.70. The molecule has 1 amide bonds. The first-order chi connectivity index (χ1) is 8.49. The number of rotatable bonds is 4. The van der Waals surface area contributed by atoms with E-state index in [4.69, 9.17) is 10.8 Å². The van der Waals surface area contributed by atoms with Crippen LogP contribution in [0.3, 0.4) is 0 Å². The molecule has 0 bridgehead atoms. The van der Waals surface area contributed by atoms with E-state index in [0.717, 1.165) is 18.9 Å². The van der Waals surface area contributed by atoms with Gasteiger partial charge in [-0.1, -0.05) is 0 Å². The summed E-state index contributed by atoms with van der Waals surface area (Å²) in [6.45, 7) is 0. The van der Waals surface area contributed by atoms with E-state index >= 15 is 0 Å². The maximum absolute atomic E-state index is 13.2. The van der Waals surface area contributed by atoms with Gasteiger partial charge in [0.25, 0.3) is 5.91 Å². The van der Waals surface area contributed by atoms with Gasteiger partial charge in [0.15, 0.2) is 0 Å². The summed E-state index contributed by atoms with van der Waals surface area (Å²) < 4.78 is 13.2. The Morgan fingerprint density at radius 3 is 2.61 bits per heavy atom. The highest BCUT2D eigenvalue weighted by Gasteiger charge is 2.37. The number of halogens is 1. The van der Waals surface area contributed by atoms with E-state index in [1.807, 2.05) is 0 Å². The molecule has 1 saturated carbocycles. The minimum Gasteiger partial charge on any atom is -0.480 e. The molecule has 1 unspecified atom stereocenters. The van der Waals surface area contributed by atoms with Crippen LogP contribution in [-0.2, 0) is 4.79 Å². The third-order valence-electron chi connectivity index (χ3n) is 2.91. The topological polar surface area (TPSA) is 92.4 Å². The van der Waals surface area contributed by atoms with Gasteiger partial charge in [-0.3, -0.25) is 4.79 Å². The second-order valence-electron chi connectivity index (χ2n) is 4.36. The third-order valence-corrected chi connectivity index (χ3v) is 2.91. The number of carbonyl (C=O) groups excluding carboxylic acids is 1. The maximum atomic E-state index is 13.2. The lowest BCUT2D eigenvalue weighted by molar-refractivity contribution is -0.139. The summed E-state index contributed by atoms with van der Waals surface area (Å²) >= 11 is 0. The number of nitrogens with one attached hydrogen (secondary N) is 1. The van der Waals surface area contributed by atoms with Crippen LogP contribution in [0, 0.1) is 11.7 Å². The molecule has 0 spiro atoms. The number of anilines is 1. The quantitative estimate of drug-likeness (QED) is 0.697. The van der Waals surface area contributed by atoms with E-state index in [1.54, 1.807) is 0 Å². The minimum absolute atomic E-state index is 0.0231. The molecule has 96 valence electrons. The van der Waals surface area contributed by atoms with Gasteiger partial charge >= 0.3 is 5.97 Å². The van der Waals surface area contributed by atoms with Crippen molar-refractivity contribution in [1.29, 1.82) is 0 Å². The summed E-state index contributed by atoms with van der Waals surface area (Å²) in [7, 11) is 0. The Hall–Kier alpha value is -2.11. The number of hydrogen-bond acceptors (Lipinski definition) is 3. The molecule has 1 fully saturated rings. The van der Waals surface area contributed by atoms with Crippen LogP contribution in [0.25, 0.3) is 0 Å². The summed E-state index contributed by atoms with van der Waals surface area (Å²) in [5.41, 5.74) is 5.31. The monoisotopic (exact) mass is 252 g/mol. The van der Waals surface area contributed by atoms with Crippen molar-refractivity contribution in [2.24, 2.45) is 5.92 Å². The molecule has 1 aliphatic carbocycles. The van der Waals surface area contributed by atoms with Crippen molar-refractivity contribution in [2.75, 3.05) is 5.73 Å². The van der Waals surface area contributed by atoms with Gasteiger partial charge in [-0.25, -0.2) is 9.18 Å². The summed E-state index contributed by atoms with van der Waals surface area (Å²) in [6.07, 6.45) is 1.57. The largest absolute Gasteiger partial charge is 0.480 e. The van der Waals surface area contributed by atoms with Crippen molar-refractivity contribution in [3.05, 3.63) is 29.6 Å². The zero-order valence-corrected chi connectivity index (χ0v) is 9.52. The molecule has 1 atom stereocenters. The fourth-order valence-corrected chi connectivity index (χ4v) is 1.70. The summed E-state index contributed by atoms with van der Waals surface area (Å²) in [6, 6.07) is 2.73. The van der Waals surface area contributed by atoms with E-state index in [9.17, 15) is 14.0 Å². The lowest BCUT2D eigenvalue weighted by Gasteiger charge is -2.13. The average molecular weight is 252 g/mol. The number of benzene rings is 1. The Bertz CT molecular complexity index is 500. The van der Waals surface area contributed by atoms with Gasteiger partial charge in [-0.05, 0) is 37.0 Å². The molecule has 0 saturated heterocycles. The Morgan fingerprint density at radius 1 is 1.44 bits per heavy atom. The highest BCUT2D eigenvalue weighted by atomic mass is 19.1. The van der Waals surface area contributed by atoms with Crippen LogP contribution in [0.1, 0.15) is 23.2 Å². The minimum atomic E-state index is -1.07. The number of carbonyl (C=O) groups is 2. The second kappa shape index (κ2) is 4.64. The maximum Gasteiger partial charge on any atom is 0.326 e. The van der Waals surface area contributed by atoms with Crippen molar-refractivity contribution in [3.8, 4) is 0 Å². The normalized spacial score (nSPS) is 16.1. The molecule has 0 heterocycles. The summed E-state index contributed by atoms with van der Waals surface area (Å²) in [4.78, 5) is 22.7. The smallest absolute Gasteiger partial charge is 0.326 e. The Kier molecular flexibility index (Phi) is 3.18. The van der Waals surface area contributed by atoms with Gasteiger partial charge < -0.3 is 16.2 Å². The van der Waals surface area contributed by atoms with E-state index in [1.165, 1.54) is 12.1 Å². The fraction of sp³-hybridized carbons (Fsp3) is 0.333. The van der Waals surface area contributed by atoms with Crippen LogP contribution >= 0.6 is 0 Å². The number of amides is 1. The van der Waals surface area contributed by atoms with Gasteiger partial charge in [-0.2, -0.15) is 0 Å². The molecule has 1 aromatic carbocycles. The van der Waals surface area contributed by atoms with Crippen LogP contribution in [-0.4, -0.2) is 23.0 Å². The van der Waals surface area contributed by atoms with Crippen LogP contribution in [0.5, 0.6) is 0 Å². The highest BCUT2D eigenvalue weighted by molar-refractivity contribution is 5.97. The molecule has 0 aromatic heterocycles. The van der Waals surface area contributed by atoms with E-state index in [0.29, 0.717) is 0 Å². The predicted molar refractivity (Wildman–Crippen MR) is 62.4 cm³/mol. The molecule has 6 heteroatoms. The number of nitrogen functional groups attached to an aromatic ring is 1. The lowest BCUT2D eigenvalue weighted by atomic mass is 10.1. The third kappa shape index (κ3) is 2.58. The number of carboxylic acid groups (broad SMARTS) is 1. The molecule has 1 aliphatic rings. The van der Waals surface area contributed by atoms with E-state index in [-0.39, 0.29) is 17.2 Å². The number of carboxylic acids is 1. The van der Waals surface area contributed by atoms with Crippen molar-refractivity contribution >= 4 is 17.6 Å². The van der Waals surface area contributed by atoms with Gasteiger partial charge in [-0.15, -0.1) is 0 Å². The van der Waals surface area contributed by atoms with Crippen LogP contribution < -0.4 is 11.1 Å². The molecular weight excluding hydrogens is 239 g/mol. The Balaban J connectivity index is 2.10. The van der Waals surface area contributed by atoms with Gasteiger partial charge in [0.1, 0.15) is 11.9 Å². The molecule has 18 heavy (non-hydrogen) atoms. The van der Waals surface area contributed by atoms with Gasteiger partial charge in [0, 0.05) is 5.56 Å². The van der Waals surface area contributed by atoms with Crippen molar-refractivity contribution in [2.45, 2.75) is 18.9 Å². The van der Waals surface area contributed by atoms with Gasteiger partial charge in [0.05, 0.1) is 5.69 Å². The first-order valence-corrected chi connectivity index (χ1v) is 5.57. The Labute approximate surface area is 103 Å². The van der Waals surface area contributed by atoms with E-state index in [2.05, 4.69) is 5.32 Å². The van der Waals surface area contributed by atoms with Gasteiger partial charge in [0.2, 0.25) is 0 Å². The standard InChI is InChI=1S/C12H13FN2O3/c13-8-5-7(3-4-9(8)14)11(16)15-10(12(17)18)6-1-2-6/h3-6,10H,1-2,14H2,(H,15,16)(H,17,18). The summed E-state index contributed by atoms with van der Waals surface area (Å²) in [5.74, 6) is -2.39. The first kappa shape index (κ1) is 12.3. The van der Waals surface area contributed by atoms with Crippen molar-refractivity contribution in [3.63, 3.8) is 0 Å².